The first kappa shape index (κ1) is 20.8. The largest absolute Gasteiger partial charge is 0.480 e. The number of fused-ring (bicyclic) bond motifs is 3. The third-order valence-corrected chi connectivity index (χ3v) is 8.64. The van der Waals surface area contributed by atoms with Crippen molar-refractivity contribution in [3.8, 4) is 0 Å². The number of hydrogen-bond donors (Lipinski definition) is 1. The van der Waals surface area contributed by atoms with Gasteiger partial charge in [0.2, 0.25) is 0 Å². The smallest absolute Gasteiger partial charge is 0.327 e. The first-order valence-corrected chi connectivity index (χ1v) is 11.9. The van der Waals surface area contributed by atoms with Crippen LogP contribution < -0.4 is 0 Å². The molecule has 1 aromatic carbocycles. The molecule has 1 aromatic rings. The molecule has 6 atom stereocenters. The first-order valence-electron chi connectivity index (χ1n) is 11.0. The number of carboxylic acid groups (broad SMARTS) is 1. The second-order valence-corrected chi connectivity index (χ2v) is 11.3. The molecule has 4 heterocycles. The standard InChI is InChI=1S/C23H29N3O4S/c1-23(2)19(22(28)29)26-20(27)18(21(26)31-23)24-13-25-15-8-9-16(25)11-17(10-15)30-12-14-6-4-3-5-7-14/h3-7,13,15-19,21H,8-12H2,1-2H3,(H,28,29)/t15-,16+,17?,18-,19+,21-/m1/s1. The second-order valence-electron chi connectivity index (χ2n) is 9.53. The number of ether oxygens (including phenoxy) is 1. The molecule has 4 aliphatic rings. The number of carbonyl (C=O) groups is 2. The summed E-state index contributed by atoms with van der Waals surface area (Å²) in [6.07, 6.45) is 6.33. The monoisotopic (exact) mass is 443 g/mol. The number of carbonyl (C=O) groups excluding carboxylic acids is 1. The summed E-state index contributed by atoms with van der Waals surface area (Å²) in [7, 11) is 0. The Morgan fingerprint density at radius 1 is 1.26 bits per heavy atom. The number of thioether (sulfide) groups is 1. The SMILES string of the molecule is CC1(C)S[C@@H]2[C@H](N=CN3[C@@H]4CC[C@H]3CC(OCc3ccccc3)C4)C(=O)N2[C@H]1C(=O)O. The van der Waals surface area contributed by atoms with Crippen LogP contribution in [0.25, 0.3) is 0 Å². The average molecular weight is 444 g/mol. The number of β-lactam (4-membered cyclic amide) rings is 1. The van der Waals surface area contributed by atoms with Crippen molar-refractivity contribution in [3.63, 3.8) is 0 Å². The van der Waals surface area contributed by atoms with Crippen molar-refractivity contribution in [1.29, 1.82) is 0 Å². The molecular formula is C23H29N3O4S. The van der Waals surface area contributed by atoms with Crippen LogP contribution in [0.3, 0.4) is 0 Å². The van der Waals surface area contributed by atoms with E-state index in [1.54, 1.807) is 11.8 Å². The quantitative estimate of drug-likeness (QED) is 0.414. The van der Waals surface area contributed by atoms with E-state index in [4.69, 9.17) is 4.74 Å². The predicted molar refractivity (Wildman–Crippen MR) is 119 cm³/mol. The van der Waals surface area contributed by atoms with Crippen LogP contribution in [0.1, 0.15) is 45.1 Å². The molecule has 0 spiro atoms. The molecule has 1 amide bonds. The van der Waals surface area contributed by atoms with Gasteiger partial charge < -0.3 is 19.6 Å². The molecule has 31 heavy (non-hydrogen) atoms. The molecule has 4 aliphatic heterocycles. The maximum atomic E-state index is 12.7. The number of nitrogens with zero attached hydrogens (tertiary/aromatic N) is 3. The van der Waals surface area contributed by atoms with Gasteiger partial charge in [0, 0.05) is 16.8 Å². The van der Waals surface area contributed by atoms with E-state index in [9.17, 15) is 14.7 Å². The van der Waals surface area contributed by atoms with Gasteiger partial charge in [0.05, 0.1) is 19.0 Å². The van der Waals surface area contributed by atoms with Crippen molar-refractivity contribution in [3.05, 3.63) is 35.9 Å². The highest BCUT2D eigenvalue weighted by molar-refractivity contribution is 8.01. The van der Waals surface area contributed by atoms with E-state index in [0.717, 1.165) is 25.7 Å². The van der Waals surface area contributed by atoms with E-state index >= 15 is 0 Å². The lowest BCUT2D eigenvalue weighted by atomic mass is 9.96. The van der Waals surface area contributed by atoms with Crippen molar-refractivity contribution >= 4 is 30.0 Å². The summed E-state index contributed by atoms with van der Waals surface area (Å²) in [5, 5.41) is 9.39. The van der Waals surface area contributed by atoms with Crippen LogP contribution in [-0.2, 0) is 20.9 Å². The number of aliphatic imine (C=N–C) groups is 1. The summed E-state index contributed by atoms with van der Waals surface area (Å²) in [6, 6.07) is 9.80. The van der Waals surface area contributed by atoms with Gasteiger partial charge in [-0.05, 0) is 45.1 Å². The highest BCUT2D eigenvalue weighted by Gasteiger charge is 2.64. The van der Waals surface area contributed by atoms with Gasteiger partial charge in [-0.2, -0.15) is 0 Å². The summed E-state index contributed by atoms with van der Waals surface area (Å²) >= 11 is 1.55. The summed E-state index contributed by atoms with van der Waals surface area (Å²) < 4.78 is 5.69. The lowest BCUT2D eigenvalue weighted by Gasteiger charge is -2.42. The van der Waals surface area contributed by atoms with E-state index in [-0.39, 0.29) is 17.4 Å². The number of rotatable bonds is 6. The third kappa shape index (κ3) is 3.63. The fraction of sp³-hybridized carbons (Fsp3) is 0.609. The van der Waals surface area contributed by atoms with Crippen LogP contribution in [0.15, 0.2) is 35.3 Å². The fourth-order valence-electron chi connectivity index (χ4n) is 5.55. The van der Waals surface area contributed by atoms with Gasteiger partial charge in [0.15, 0.2) is 6.04 Å². The van der Waals surface area contributed by atoms with E-state index in [1.165, 1.54) is 10.5 Å². The summed E-state index contributed by atoms with van der Waals surface area (Å²) in [4.78, 5) is 32.8. The van der Waals surface area contributed by atoms with E-state index in [1.807, 2.05) is 38.4 Å². The molecule has 0 saturated carbocycles. The first-order chi connectivity index (χ1) is 14.8. The highest BCUT2D eigenvalue weighted by atomic mass is 32.2. The minimum Gasteiger partial charge on any atom is -0.480 e. The molecule has 1 unspecified atom stereocenters. The van der Waals surface area contributed by atoms with Crippen LogP contribution >= 0.6 is 11.8 Å². The molecule has 8 heteroatoms. The molecule has 166 valence electrons. The number of hydrogen-bond acceptors (Lipinski definition) is 5. The lowest BCUT2D eigenvalue weighted by Crippen LogP contribution is -2.65. The van der Waals surface area contributed by atoms with Gasteiger partial charge in [0.1, 0.15) is 11.4 Å². The topological polar surface area (TPSA) is 82.4 Å². The molecule has 2 bridgehead atoms. The predicted octanol–water partition coefficient (Wildman–Crippen LogP) is 2.74. The number of aliphatic carboxylic acids is 1. The third-order valence-electron chi connectivity index (χ3n) is 7.08. The van der Waals surface area contributed by atoms with Crippen LogP contribution in [0.2, 0.25) is 0 Å². The molecule has 7 nitrogen and oxygen atoms in total. The van der Waals surface area contributed by atoms with Crippen LogP contribution in [0.4, 0.5) is 0 Å². The van der Waals surface area contributed by atoms with Gasteiger partial charge in [-0.1, -0.05) is 30.3 Å². The Kier molecular flexibility index (Phi) is 5.25. The van der Waals surface area contributed by atoms with E-state index in [0.29, 0.717) is 18.7 Å². The zero-order valence-electron chi connectivity index (χ0n) is 17.9. The fourth-order valence-corrected chi connectivity index (χ4v) is 7.18. The van der Waals surface area contributed by atoms with Gasteiger partial charge in [-0.3, -0.25) is 9.79 Å². The molecule has 1 N–H and O–H groups in total. The van der Waals surface area contributed by atoms with Crippen LogP contribution in [0, 0.1) is 0 Å². The maximum absolute atomic E-state index is 12.7. The van der Waals surface area contributed by atoms with Crippen molar-refractivity contribution in [2.24, 2.45) is 4.99 Å². The van der Waals surface area contributed by atoms with Gasteiger partial charge in [0.25, 0.3) is 5.91 Å². The van der Waals surface area contributed by atoms with Gasteiger partial charge in [-0.15, -0.1) is 11.8 Å². The summed E-state index contributed by atoms with van der Waals surface area (Å²) in [6.45, 7) is 4.43. The second kappa shape index (κ2) is 7.81. The Bertz CT molecular complexity index is 878. The lowest BCUT2D eigenvalue weighted by molar-refractivity contribution is -0.158. The highest BCUT2D eigenvalue weighted by Crippen LogP contribution is 2.51. The molecule has 0 aromatic heterocycles. The van der Waals surface area contributed by atoms with Crippen LogP contribution in [-0.4, -0.2) is 73.5 Å². The summed E-state index contributed by atoms with van der Waals surface area (Å²) in [5.41, 5.74) is 1.20. The minimum absolute atomic E-state index is 0.167. The Morgan fingerprint density at radius 3 is 2.58 bits per heavy atom. The summed E-state index contributed by atoms with van der Waals surface area (Å²) in [5.74, 6) is -1.11. The molecule has 4 saturated heterocycles. The molecule has 5 rings (SSSR count). The van der Waals surface area contributed by atoms with Crippen molar-refractivity contribution in [2.45, 2.75) is 86.5 Å². The van der Waals surface area contributed by atoms with Gasteiger partial charge in [-0.25, -0.2) is 4.79 Å². The van der Waals surface area contributed by atoms with Crippen molar-refractivity contribution in [1.82, 2.24) is 9.80 Å². The Labute approximate surface area is 186 Å². The zero-order chi connectivity index (χ0) is 21.8. The molecule has 0 radical (unpaired) electrons. The Hall–Kier alpha value is -2.06. The Morgan fingerprint density at radius 2 is 1.94 bits per heavy atom. The number of benzene rings is 1. The van der Waals surface area contributed by atoms with Crippen molar-refractivity contribution < 1.29 is 19.4 Å². The molecular weight excluding hydrogens is 414 g/mol. The molecule has 4 fully saturated rings. The number of piperidine rings is 1. The maximum Gasteiger partial charge on any atom is 0.327 e. The van der Waals surface area contributed by atoms with E-state index < -0.39 is 22.8 Å². The Balaban J connectivity index is 1.19. The zero-order valence-corrected chi connectivity index (χ0v) is 18.7. The molecule has 0 aliphatic carbocycles. The van der Waals surface area contributed by atoms with Crippen molar-refractivity contribution in [2.75, 3.05) is 0 Å². The average Bonchev–Trinajstić information content (AvgIpc) is 3.13. The minimum atomic E-state index is -0.939. The number of amides is 1. The normalized spacial score (nSPS) is 36.0. The number of carboxylic acids is 1. The van der Waals surface area contributed by atoms with Crippen LogP contribution in [0.5, 0.6) is 0 Å². The van der Waals surface area contributed by atoms with E-state index in [2.05, 4.69) is 22.0 Å². The van der Waals surface area contributed by atoms with Gasteiger partial charge >= 0.3 is 5.97 Å².